The van der Waals surface area contributed by atoms with Crippen LogP contribution in [-0.2, 0) is 9.59 Å². The second-order valence-electron chi connectivity index (χ2n) is 3.90. The fraction of sp³-hybridized carbons (Fsp3) is 0.250. The van der Waals surface area contributed by atoms with Crippen LogP contribution in [-0.4, -0.2) is 29.4 Å². The minimum atomic E-state index is -1.17. The van der Waals surface area contributed by atoms with Gasteiger partial charge in [-0.1, -0.05) is 23.2 Å². The summed E-state index contributed by atoms with van der Waals surface area (Å²) >= 11 is 11.8. The van der Waals surface area contributed by atoms with Crippen molar-refractivity contribution in [2.24, 2.45) is 0 Å². The van der Waals surface area contributed by atoms with Gasteiger partial charge in [0.15, 0.2) is 0 Å². The molecule has 0 bridgehead atoms. The third kappa shape index (κ3) is 4.71. The van der Waals surface area contributed by atoms with Crippen molar-refractivity contribution in [2.45, 2.75) is 13.3 Å². The Labute approximate surface area is 125 Å². The molecule has 8 heteroatoms. The van der Waals surface area contributed by atoms with Gasteiger partial charge in [-0.25, -0.2) is 4.79 Å². The van der Waals surface area contributed by atoms with Crippen molar-refractivity contribution in [2.75, 3.05) is 11.9 Å². The van der Waals surface area contributed by atoms with E-state index in [2.05, 4.69) is 10.6 Å². The SMILES string of the molecule is CC(=O)NCCC(=O)Nc1c(Cl)cc(C(=O)O)cc1Cl. The Morgan fingerprint density at radius 2 is 1.75 bits per heavy atom. The van der Waals surface area contributed by atoms with E-state index < -0.39 is 11.9 Å². The Morgan fingerprint density at radius 3 is 2.20 bits per heavy atom. The summed E-state index contributed by atoms with van der Waals surface area (Å²) in [7, 11) is 0. The second-order valence-corrected chi connectivity index (χ2v) is 4.72. The Balaban J connectivity index is 2.75. The van der Waals surface area contributed by atoms with Crippen LogP contribution in [0.1, 0.15) is 23.7 Å². The first-order chi connectivity index (χ1) is 9.31. The number of hydrogen-bond donors (Lipinski definition) is 3. The summed E-state index contributed by atoms with van der Waals surface area (Å²) in [6.07, 6.45) is 0.0485. The van der Waals surface area contributed by atoms with Gasteiger partial charge in [-0.3, -0.25) is 9.59 Å². The molecule has 0 atom stereocenters. The van der Waals surface area contributed by atoms with E-state index in [0.717, 1.165) is 0 Å². The van der Waals surface area contributed by atoms with Gasteiger partial charge in [0, 0.05) is 19.9 Å². The van der Waals surface area contributed by atoms with E-state index in [9.17, 15) is 14.4 Å². The Bertz CT molecular complexity index is 537. The molecule has 1 aromatic rings. The van der Waals surface area contributed by atoms with Crippen LogP contribution in [0.4, 0.5) is 5.69 Å². The van der Waals surface area contributed by atoms with E-state index in [4.69, 9.17) is 28.3 Å². The molecule has 0 saturated carbocycles. The molecule has 1 aromatic carbocycles. The average molecular weight is 319 g/mol. The van der Waals surface area contributed by atoms with Crippen LogP contribution < -0.4 is 10.6 Å². The highest BCUT2D eigenvalue weighted by atomic mass is 35.5. The van der Waals surface area contributed by atoms with Crippen molar-refractivity contribution in [3.05, 3.63) is 27.7 Å². The van der Waals surface area contributed by atoms with Gasteiger partial charge in [0.25, 0.3) is 0 Å². The molecule has 0 aliphatic heterocycles. The first-order valence-electron chi connectivity index (χ1n) is 5.58. The number of carbonyl (C=O) groups is 3. The summed E-state index contributed by atoms with van der Waals surface area (Å²) < 4.78 is 0. The molecular weight excluding hydrogens is 307 g/mol. The van der Waals surface area contributed by atoms with Gasteiger partial charge < -0.3 is 15.7 Å². The molecule has 108 valence electrons. The van der Waals surface area contributed by atoms with Gasteiger partial charge in [0.1, 0.15) is 0 Å². The number of carbonyl (C=O) groups excluding carboxylic acids is 2. The van der Waals surface area contributed by atoms with E-state index >= 15 is 0 Å². The molecule has 1 rings (SSSR count). The van der Waals surface area contributed by atoms with Gasteiger partial charge in [0.05, 0.1) is 21.3 Å². The number of hydrogen-bond acceptors (Lipinski definition) is 3. The summed E-state index contributed by atoms with van der Waals surface area (Å²) in [5.41, 5.74) is 0.0717. The minimum absolute atomic E-state index is 0.0303. The van der Waals surface area contributed by atoms with E-state index in [1.165, 1.54) is 19.1 Å². The van der Waals surface area contributed by atoms with Crippen LogP contribution in [0.25, 0.3) is 0 Å². The standard InChI is InChI=1S/C12H12Cl2N2O4/c1-6(17)15-3-2-10(18)16-11-8(13)4-7(12(19)20)5-9(11)14/h4-5H,2-3H2,1H3,(H,15,17)(H,16,18)(H,19,20). The van der Waals surface area contributed by atoms with Crippen LogP contribution in [0.3, 0.4) is 0 Å². The van der Waals surface area contributed by atoms with Crippen LogP contribution >= 0.6 is 23.2 Å². The second kappa shape index (κ2) is 7.12. The van der Waals surface area contributed by atoms with E-state index in [1.807, 2.05) is 0 Å². The number of rotatable bonds is 5. The third-order valence-corrected chi connectivity index (χ3v) is 2.88. The lowest BCUT2D eigenvalue weighted by atomic mass is 10.2. The molecule has 0 aliphatic rings. The first kappa shape index (κ1) is 16.3. The highest BCUT2D eigenvalue weighted by Gasteiger charge is 2.14. The average Bonchev–Trinajstić information content (AvgIpc) is 2.32. The molecule has 0 heterocycles. The Kier molecular flexibility index (Phi) is 5.79. The highest BCUT2D eigenvalue weighted by Crippen LogP contribution is 2.32. The number of carboxylic acid groups (broad SMARTS) is 1. The zero-order chi connectivity index (χ0) is 15.3. The smallest absolute Gasteiger partial charge is 0.335 e. The molecule has 0 aliphatic carbocycles. The molecule has 0 aromatic heterocycles. The van der Waals surface area contributed by atoms with Crippen molar-refractivity contribution in [3.63, 3.8) is 0 Å². The van der Waals surface area contributed by atoms with Crippen LogP contribution in [0.2, 0.25) is 10.0 Å². The predicted octanol–water partition coefficient (Wildman–Crippen LogP) is 2.16. The minimum Gasteiger partial charge on any atom is -0.478 e. The van der Waals surface area contributed by atoms with E-state index in [-0.39, 0.29) is 40.2 Å². The maximum atomic E-state index is 11.6. The monoisotopic (exact) mass is 318 g/mol. The largest absolute Gasteiger partial charge is 0.478 e. The number of amides is 2. The summed E-state index contributed by atoms with van der Waals surface area (Å²) in [6.45, 7) is 1.53. The number of carboxylic acids is 1. The number of nitrogens with one attached hydrogen (secondary N) is 2. The molecule has 0 spiro atoms. The summed E-state index contributed by atoms with van der Waals surface area (Å²) in [6, 6.07) is 2.39. The maximum absolute atomic E-state index is 11.6. The zero-order valence-corrected chi connectivity index (χ0v) is 12.0. The van der Waals surface area contributed by atoms with Gasteiger partial charge in [-0.15, -0.1) is 0 Å². The van der Waals surface area contributed by atoms with Gasteiger partial charge in [-0.2, -0.15) is 0 Å². The number of halogens is 2. The normalized spacial score (nSPS) is 9.95. The number of aromatic carboxylic acids is 1. The molecule has 2 amide bonds. The molecule has 0 saturated heterocycles. The lowest BCUT2D eigenvalue weighted by Crippen LogP contribution is -2.25. The van der Waals surface area contributed by atoms with Crippen LogP contribution in [0, 0.1) is 0 Å². The fourth-order valence-electron chi connectivity index (χ4n) is 1.37. The fourth-order valence-corrected chi connectivity index (χ4v) is 1.95. The van der Waals surface area contributed by atoms with E-state index in [0.29, 0.717) is 0 Å². The molecule has 3 N–H and O–H groups in total. The van der Waals surface area contributed by atoms with Crippen LogP contribution in [0.15, 0.2) is 12.1 Å². The first-order valence-corrected chi connectivity index (χ1v) is 6.33. The molecule has 20 heavy (non-hydrogen) atoms. The number of benzene rings is 1. The molecule has 6 nitrogen and oxygen atoms in total. The van der Waals surface area contributed by atoms with Crippen molar-refractivity contribution >= 4 is 46.7 Å². The van der Waals surface area contributed by atoms with Gasteiger partial charge in [0.2, 0.25) is 11.8 Å². The van der Waals surface area contributed by atoms with E-state index in [1.54, 1.807) is 0 Å². The zero-order valence-electron chi connectivity index (χ0n) is 10.5. The van der Waals surface area contributed by atoms with Crippen molar-refractivity contribution in [3.8, 4) is 0 Å². The maximum Gasteiger partial charge on any atom is 0.335 e. The molecular formula is C12H12Cl2N2O4. The highest BCUT2D eigenvalue weighted by molar-refractivity contribution is 6.40. The Morgan fingerprint density at radius 1 is 1.20 bits per heavy atom. The van der Waals surface area contributed by atoms with Gasteiger partial charge in [-0.05, 0) is 12.1 Å². The summed E-state index contributed by atoms with van der Waals surface area (Å²) in [4.78, 5) is 33.1. The molecule has 0 unspecified atom stereocenters. The lowest BCUT2D eigenvalue weighted by molar-refractivity contribution is -0.119. The van der Waals surface area contributed by atoms with Crippen molar-refractivity contribution < 1.29 is 19.5 Å². The lowest BCUT2D eigenvalue weighted by Gasteiger charge is -2.10. The topological polar surface area (TPSA) is 95.5 Å². The summed E-state index contributed by atoms with van der Waals surface area (Å²) in [5, 5.41) is 13.8. The summed E-state index contributed by atoms with van der Waals surface area (Å²) in [5.74, 6) is -1.80. The van der Waals surface area contributed by atoms with Crippen molar-refractivity contribution in [1.82, 2.24) is 5.32 Å². The Hall–Kier alpha value is -1.79. The number of anilines is 1. The molecule has 0 fully saturated rings. The third-order valence-electron chi connectivity index (χ3n) is 2.28. The predicted molar refractivity (Wildman–Crippen MR) is 75.4 cm³/mol. The van der Waals surface area contributed by atoms with Gasteiger partial charge >= 0.3 is 5.97 Å². The molecule has 0 radical (unpaired) electrons. The van der Waals surface area contributed by atoms with Crippen molar-refractivity contribution in [1.29, 1.82) is 0 Å². The van der Waals surface area contributed by atoms with Crippen LogP contribution in [0.5, 0.6) is 0 Å². The quantitative estimate of drug-likeness (QED) is 0.775.